The van der Waals surface area contributed by atoms with Crippen LogP contribution in [0, 0.1) is 11.3 Å². The summed E-state index contributed by atoms with van der Waals surface area (Å²) in [5.41, 5.74) is 2.71. The number of hydrogen-bond donors (Lipinski definition) is 1. The largest absolute Gasteiger partial charge is 0.349 e. The molecule has 1 aromatic heterocycles. The van der Waals surface area contributed by atoms with E-state index < -0.39 is 0 Å². The van der Waals surface area contributed by atoms with Crippen molar-refractivity contribution >= 4 is 5.91 Å². The van der Waals surface area contributed by atoms with Gasteiger partial charge in [-0.25, -0.2) is 0 Å². The Morgan fingerprint density at radius 2 is 2.10 bits per heavy atom. The molecule has 4 nitrogen and oxygen atoms in total. The van der Waals surface area contributed by atoms with E-state index in [1.165, 1.54) is 24.1 Å². The number of aromatic nitrogens is 2. The van der Waals surface area contributed by atoms with Crippen LogP contribution in [0.4, 0.5) is 0 Å². The van der Waals surface area contributed by atoms with Crippen molar-refractivity contribution in [1.82, 2.24) is 15.1 Å². The molecule has 0 aliphatic heterocycles. The monoisotopic (exact) mass is 275 g/mol. The zero-order valence-corrected chi connectivity index (χ0v) is 12.8. The van der Waals surface area contributed by atoms with Crippen molar-refractivity contribution in [3.63, 3.8) is 0 Å². The summed E-state index contributed by atoms with van der Waals surface area (Å²) in [6.45, 7) is 4.55. The maximum Gasteiger partial charge on any atom is 0.223 e. The summed E-state index contributed by atoms with van der Waals surface area (Å²) in [5.74, 6) is 0.486. The van der Waals surface area contributed by atoms with Crippen LogP contribution in [0.25, 0.3) is 0 Å². The van der Waals surface area contributed by atoms with E-state index in [1.54, 1.807) is 0 Å². The van der Waals surface area contributed by atoms with Gasteiger partial charge >= 0.3 is 0 Å². The molecular formula is C16H25N3O. The molecule has 1 amide bonds. The number of nitrogens with zero attached hydrogens (tertiary/aromatic N) is 2. The smallest absolute Gasteiger partial charge is 0.223 e. The molecule has 4 heteroatoms. The molecule has 1 N–H and O–H groups in total. The van der Waals surface area contributed by atoms with Gasteiger partial charge in [-0.05, 0) is 31.1 Å². The third kappa shape index (κ3) is 2.48. The van der Waals surface area contributed by atoms with Crippen molar-refractivity contribution in [3.8, 4) is 0 Å². The molecule has 2 aliphatic rings. The van der Waals surface area contributed by atoms with Gasteiger partial charge in [-0.15, -0.1) is 0 Å². The van der Waals surface area contributed by atoms with Crippen LogP contribution in [-0.4, -0.2) is 15.7 Å². The number of aryl methyl sites for hydroxylation is 1. The van der Waals surface area contributed by atoms with Crippen LogP contribution in [0.15, 0.2) is 6.20 Å². The van der Waals surface area contributed by atoms with E-state index >= 15 is 0 Å². The molecule has 3 rings (SSSR count). The number of amides is 1. The lowest BCUT2D eigenvalue weighted by Gasteiger charge is -2.36. The number of fused-ring (bicyclic) bond motifs is 1. The van der Waals surface area contributed by atoms with Crippen LogP contribution in [0.5, 0.6) is 0 Å². The first-order chi connectivity index (χ1) is 9.46. The Balaban J connectivity index is 1.80. The third-order valence-electron chi connectivity index (χ3n) is 4.91. The van der Waals surface area contributed by atoms with Crippen molar-refractivity contribution < 1.29 is 4.79 Å². The van der Waals surface area contributed by atoms with Crippen LogP contribution in [0.2, 0.25) is 0 Å². The molecule has 0 aromatic carbocycles. The number of carbonyl (C=O) groups excluding carboxylic acids is 1. The van der Waals surface area contributed by atoms with Crippen molar-refractivity contribution in [1.29, 1.82) is 0 Å². The van der Waals surface area contributed by atoms with Gasteiger partial charge in [-0.1, -0.05) is 26.7 Å². The Hall–Kier alpha value is -1.32. The van der Waals surface area contributed by atoms with Crippen LogP contribution in [-0.2, 0) is 18.3 Å². The van der Waals surface area contributed by atoms with E-state index in [0.717, 1.165) is 25.7 Å². The zero-order valence-electron chi connectivity index (χ0n) is 12.8. The van der Waals surface area contributed by atoms with Gasteiger partial charge in [-0.2, -0.15) is 5.10 Å². The summed E-state index contributed by atoms with van der Waals surface area (Å²) >= 11 is 0. The molecule has 1 saturated carbocycles. The van der Waals surface area contributed by atoms with E-state index in [1.807, 2.05) is 17.9 Å². The molecule has 0 radical (unpaired) electrons. The standard InChI is InChI=1S/C16H25N3O/c1-16(2)8-13(12-10-17-19(3)14(12)9-16)18-15(20)11-6-4-5-7-11/h10-11,13H,4-9H2,1-3H3,(H,18,20)/t13-/m0/s1. The van der Waals surface area contributed by atoms with Crippen molar-refractivity contribution in [3.05, 3.63) is 17.5 Å². The minimum atomic E-state index is 0.135. The maximum atomic E-state index is 12.4. The van der Waals surface area contributed by atoms with Gasteiger partial charge in [0.25, 0.3) is 0 Å². The van der Waals surface area contributed by atoms with Gasteiger partial charge in [0.05, 0.1) is 12.2 Å². The topological polar surface area (TPSA) is 46.9 Å². The average molecular weight is 275 g/mol. The number of hydrogen-bond acceptors (Lipinski definition) is 2. The summed E-state index contributed by atoms with van der Waals surface area (Å²) in [5, 5.41) is 7.68. The fraction of sp³-hybridized carbons (Fsp3) is 0.750. The summed E-state index contributed by atoms with van der Waals surface area (Å²) in [7, 11) is 2.00. The molecule has 0 bridgehead atoms. The normalized spacial score (nSPS) is 25.4. The lowest BCUT2D eigenvalue weighted by atomic mass is 9.74. The molecule has 20 heavy (non-hydrogen) atoms. The predicted molar refractivity (Wildman–Crippen MR) is 78.2 cm³/mol. The predicted octanol–water partition coefficient (Wildman–Crippen LogP) is 2.74. The Kier molecular flexibility index (Phi) is 3.35. The lowest BCUT2D eigenvalue weighted by Crippen LogP contribution is -2.38. The molecule has 1 atom stereocenters. The van der Waals surface area contributed by atoms with E-state index in [0.29, 0.717) is 0 Å². The molecule has 110 valence electrons. The molecule has 0 spiro atoms. The molecule has 0 saturated heterocycles. The second-order valence-electron chi connectivity index (χ2n) is 7.26. The van der Waals surface area contributed by atoms with Crippen LogP contribution < -0.4 is 5.32 Å². The van der Waals surface area contributed by atoms with Crippen LogP contribution >= 0.6 is 0 Å². The molecule has 0 unspecified atom stereocenters. The van der Waals surface area contributed by atoms with Crippen molar-refractivity contribution in [2.24, 2.45) is 18.4 Å². The Morgan fingerprint density at radius 3 is 2.80 bits per heavy atom. The maximum absolute atomic E-state index is 12.4. The molecule has 1 aromatic rings. The van der Waals surface area contributed by atoms with Gasteiger partial charge in [0.15, 0.2) is 0 Å². The summed E-state index contributed by atoms with van der Waals surface area (Å²) in [6.07, 6.45) is 8.49. The van der Waals surface area contributed by atoms with Gasteiger partial charge in [-0.3, -0.25) is 9.48 Å². The SMILES string of the molecule is Cn1ncc2c1CC(C)(C)C[C@@H]2NC(=O)C1CCCC1. The quantitative estimate of drug-likeness (QED) is 0.902. The zero-order chi connectivity index (χ0) is 14.3. The van der Waals surface area contributed by atoms with Gasteiger partial charge < -0.3 is 5.32 Å². The Bertz CT molecular complexity index is 512. The summed E-state index contributed by atoms with van der Waals surface area (Å²) in [4.78, 5) is 12.4. The van der Waals surface area contributed by atoms with Gasteiger partial charge in [0, 0.05) is 24.2 Å². The van der Waals surface area contributed by atoms with Crippen molar-refractivity contribution in [2.45, 2.75) is 58.4 Å². The second kappa shape index (κ2) is 4.90. The highest BCUT2D eigenvalue weighted by Crippen LogP contribution is 2.40. The first kappa shape index (κ1) is 13.7. The highest BCUT2D eigenvalue weighted by molar-refractivity contribution is 5.79. The van der Waals surface area contributed by atoms with Crippen LogP contribution in [0.3, 0.4) is 0 Å². The van der Waals surface area contributed by atoms with Gasteiger partial charge in [0.2, 0.25) is 5.91 Å². The molecular weight excluding hydrogens is 250 g/mol. The second-order valence-corrected chi connectivity index (χ2v) is 7.26. The summed E-state index contributed by atoms with van der Waals surface area (Å²) in [6, 6.07) is 0.135. The first-order valence-electron chi connectivity index (χ1n) is 7.77. The number of nitrogens with one attached hydrogen (secondary N) is 1. The minimum absolute atomic E-state index is 0.135. The Morgan fingerprint density at radius 1 is 1.40 bits per heavy atom. The van der Waals surface area contributed by atoms with E-state index in [9.17, 15) is 4.79 Å². The molecule has 1 heterocycles. The number of rotatable bonds is 2. The first-order valence-corrected chi connectivity index (χ1v) is 7.77. The fourth-order valence-electron chi connectivity index (χ4n) is 3.78. The highest BCUT2D eigenvalue weighted by Gasteiger charge is 2.36. The highest BCUT2D eigenvalue weighted by atomic mass is 16.1. The van der Waals surface area contributed by atoms with E-state index in [2.05, 4.69) is 24.3 Å². The van der Waals surface area contributed by atoms with Crippen LogP contribution in [0.1, 0.15) is 63.3 Å². The number of carbonyl (C=O) groups is 1. The average Bonchev–Trinajstić information content (AvgIpc) is 2.99. The lowest BCUT2D eigenvalue weighted by molar-refractivity contribution is -0.125. The minimum Gasteiger partial charge on any atom is -0.349 e. The fourth-order valence-corrected chi connectivity index (χ4v) is 3.78. The molecule has 1 fully saturated rings. The third-order valence-corrected chi connectivity index (χ3v) is 4.91. The van der Waals surface area contributed by atoms with E-state index in [4.69, 9.17) is 0 Å². The molecule has 2 aliphatic carbocycles. The Labute approximate surface area is 120 Å². The summed E-state index contributed by atoms with van der Waals surface area (Å²) < 4.78 is 1.96. The van der Waals surface area contributed by atoms with Gasteiger partial charge in [0.1, 0.15) is 0 Å². The van der Waals surface area contributed by atoms with E-state index in [-0.39, 0.29) is 23.3 Å². The van der Waals surface area contributed by atoms with Crippen molar-refractivity contribution in [2.75, 3.05) is 0 Å².